The minimum Gasteiger partial charge on any atom is -0.366 e. The van der Waals surface area contributed by atoms with Crippen molar-refractivity contribution >= 4 is 17.7 Å². The number of piperidine rings is 1. The van der Waals surface area contributed by atoms with Gasteiger partial charge in [-0.1, -0.05) is 6.92 Å². The number of carbonyl (C=O) groups is 1. The molecule has 1 aliphatic heterocycles. The average molecular weight is 291 g/mol. The monoisotopic (exact) mass is 291 g/mol. The normalized spacial score (nSPS) is 16.7. The molecular formula is C15H21N3O3. The van der Waals surface area contributed by atoms with Crippen LogP contribution in [0.2, 0.25) is 0 Å². The summed E-state index contributed by atoms with van der Waals surface area (Å²) < 4.78 is 0. The van der Waals surface area contributed by atoms with Crippen LogP contribution in [0.1, 0.15) is 30.1 Å². The van der Waals surface area contributed by atoms with Gasteiger partial charge in [-0.2, -0.15) is 0 Å². The molecule has 114 valence electrons. The molecule has 0 N–H and O–H groups in total. The van der Waals surface area contributed by atoms with E-state index in [4.69, 9.17) is 0 Å². The summed E-state index contributed by atoms with van der Waals surface area (Å²) in [7, 11) is 1.90. The lowest BCUT2D eigenvalue weighted by Gasteiger charge is -2.37. The fraction of sp³-hybridized carbons (Fsp3) is 0.533. The van der Waals surface area contributed by atoms with Crippen LogP contribution in [0.15, 0.2) is 18.2 Å². The zero-order valence-corrected chi connectivity index (χ0v) is 12.5. The maximum absolute atomic E-state index is 11.2. The number of nitro groups is 1. The van der Waals surface area contributed by atoms with E-state index in [0.29, 0.717) is 23.6 Å². The topological polar surface area (TPSA) is 66.7 Å². The highest BCUT2D eigenvalue weighted by atomic mass is 16.6. The van der Waals surface area contributed by atoms with Gasteiger partial charge in [0.05, 0.1) is 4.92 Å². The van der Waals surface area contributed by atoms with Gasteiger partial charge in [0.2, 0.25) is 0 Å². The fourth-order valence-electron chi connectivity index (χ4n) is 2.88. The molecular weight excluding hydrogens is 270 g/mol. The number of nitro benzene ring substituents is 1. The number of anilines is 1. The summed E-state index contributed by atoms with van der Waals surface area (Å²) in [5.41, 5.74) is 0.917. The minimum absolute atomic E-state index is 0.0000196. The molecule has 0 unspecified atom stereocenters. The molecule has 1 aromatic rings. The standard InChI is InChI=1S/C15H21N3O3/c1-3-17-8-6-13(7-9-17)16(2)14-5-4-12(11-19)10-15(14)18(20)21/h4-5,10-11,13H,3,6-9H2,1-2H3. The fourth-order valence-corrected chi connectivity index (χ4v) is 2.88. The first-order valence-corrected chi connectivity index (χ1v) is 7.25. The predicted molar refractivity (Wildman–Crippen MR) is 82.0 cm³/mol. The Balaban J connectivity index is 2.21. The predicted octanol–water partition coefficient (Wildman–Crippen LogP) is 2.33. The first-order chi connectivity index (χ1) is 10.1. The Morgan fingerprint density at radius 3 is 2.62 bits per heavy atom. The van der Waals surface area contributed by atoms with Gasteiger partial charge >= 0.3 is 0 Å². The second-order valence-corrected chi connectivity index (χ2v) is 5.40. The quantitative estimate of drug-likeness (QED) is 0.473. The van der Waals surface area contributed by atoms with Crippen molar-refractivity contribution < 1.29 is 9.72 Å². The Labute approximate surface area is 124 Å². The van der Waals surface area contributed by atoms with E-state index in [2.05, 4.69) is 11.8 Å². The number of benzene rings is 1. The van der Waals surface area contributed by atoms with Crippen molar-refractivity contribution in [3.05, 3.63) is 33.9 Å². The Hall–Kier alpha value is -1.95. The van der Waals surface area contributed by atoms with E-state index < -0.39 is 4.92 Å². The average Bonchev–Trinajstić information content (AvgIpc) is 2.53. The molecule has 0 aliphatic carbocycles. The first kappa shape index (κ1) is 15.4. The molecule has 1 saturated heterocycles. The summed E-state index contributed by atoms with van der Waals surface area (Å²) in [6.45, 7) is 5.23. The number of carbonyl (C=O) groups excluding carboxylic acids is 1. The zero-order valence-electron chi connectivity index (χ0n) is 12.5. The van der Waals surface area contributed by atoms with Crippen molar-refractivity contribution in [2.75, 3.05) is 31.6 Å². The third kappa shape index (κ3) is 3.39. The molecule has 0 spiro atoms. The van der Waals surface area contributed by atoms with Gasteiger partial charge in [-0.3, -0.25) is 14.9 Å². The summed E-state index contributed by atoms with van der Waals surface area (Å²) in [4.78, 5) is 26.0. The molecule has 1 heterocycles. The Morgan fingerprint density at radius 2 is 2.10 bits per heavy atom. The lowest BCUT2D eigenvalue weighted by atomic mass is 10.0. The van der Waals surface area contributed by atoms with Crippen molar-refractivity contribution in [3.63, 3.8) is 0 Å². The summed E-state index contributed by atoms with van der Waals surface area (Å²) in [5.74, 6) is 0. The third-order valence-corrected chi connectivity index (χ3v) is 4.26. The van der Waals surface area contributed by atoms with Gasteiger partial charge in [0.1, 0.15) is 12.0 Å². The summed E-state index contributed by atoms with van der Waals surface area (Å²) >= 11 is 0. The molecule has 6 nitrogen and oxygen atoms in total. The summed E-state index contributed by atoms with van der Waals surface area (Å²) in [5, 5.41) is 11.2. The Morgan fingerprint density at radius 1 is 1.43 bits per heavy atom. The largest absolute Gasteiger partial charge is 0.366 e. The molecule has 0 bridgehead atoms. The highest BCUT2D eigenvalue weighted by molar-refractivity contribution is 5.79. The molecule has 0 atom stereocenters. The second kappa shape index (κ2) is 6.67. The van der Waals surface area contributed by atoms with E-state index in [9.17, 15) is 14.9 Å². The number of rotatable bonds is 5. The molecule has 2 rings (SSSR count). The van der Waals surface area contributed by atoms with Crippen molar-refractivity contribution in [2.45, 2.75) is 25.8 Å². The van der Waals surface area contributed by atoms with Gasteiger partial charge in [0.15, 0.2) is 0 Å². The van der Waals surface area contributed by atoms with Gasteiger partial charge in [0.25, 0.3) is 5.69 Å². The van der Waals surface area contributed by atoms with E-state index in [1.807, 2.05) is 11.9 Å². The zero-order chi connectivity index (χ0) is 15.4. The van der Waals surface area contributed by atoms with E-state index >= 15 is 0 Å². The smallest absolute Gasteiger partial charge is 0.293 e. The van der Waals surface area contributed by atoms with Crippen molar-refractivity contribution in [3.8, 4) is 0 Å². The van der Waals surface area contributed by atoms with Crippen LogP contribution in [-0.2, 0) is 0 Å². The van der Waals surface area contributed by atoms with E-state index in [0.717, 1.165) is 32.5 Å². The highest BCUT2D eigenvalue weighted by Gasteiger charge is 2.26. The maximum atomic E-state index is 11.2. The van der Waals surface area contributed by atoms with Gasteiger partial charge in [0, 0.05) is 37.8 Å². The number of aldehydes is 1. The van der Waals surface area contributed by atoms with Crippen LogP contribution in [0.4, 0.5) is 11.4 Å². The van der Waals surface area contributed by atoms with Crippen LogP contribution in [0, 0.1) is 10.1 Å². The van der Waals surface area contributed by atoms with E-state index in [1.54, 1.807) is 12.1 Å². The molecule has 0 aromatic heterocycles. The highest BCUT2D eigenvalue weighted by Crippen LogP contribution is 2.31. The molecule has 1 aliphatic rings. The van der Waals surface area contributed by atoms with E-state index in [1.165, 1.54) is 6.07 Å². The number of hydrogen-bond donors (Lipinski definition) is 0. The minimum atomic E-state index is -0.417. The van der Waals surface area contributed by atoms with E-state index in [-0.39, 0.29) is 5.69 Å². The van der Waals surface area contributed by atoms with Crippen molar-refractivity contribution in [1.82, 2.24) is 4.90 Å². The lowest BCUT2D eigenvalue weighted by Crippen LogP contribution is -2.43. The molecule has 1 aromatic carbocycles. The number of hydrogen-bond acceptors (Lipinski definition) is 5. The lowest BCUT2D eigenvalue weighted by molar-refractivity contribution is -0.384. The van der Waals surface area contributed by atoms with Gasteiger partial charge < -0.3 is 9.80 Å². The van der Waals surface area contributed by atoms with Crippen LogP contribution in [-0.4, -0.2) is 48.8 Å². The van der Waals surface area contributed by atoms with Crippen LogP contribution in [0.25, 0.3) is 0 Å². The summed E-state index contributed by atoms with van der Waals surface area (Å²) in [6, 6.07) is 4.95. The van der Waals surface area contributed by atoms with Gasteiger partial charge in [-0.15, -0.1) is 0 Å². The second-order valence-electron chi connectivity index (χ2n) is 5.40. The Bertz CT molecular complexity index is 525. The van der Waals surface area contributed by atoms with Crippen molar-refractivity contribution in [2.24, 2.45) is 0 Å². The molecule has 0 radical (unpaired) electrons. The van der Waals surface area contributed by atoms with Crippen LogP contribution in [0.3, 0.4) is 0 Å². The number of likely N-dealkylation sites (tertiary alicyclic amines) is 1. The summed E-state index contributed by atoms with van der Waals surface area (Å²) in [6.07, 6.45) is 2.63. The Kier molecular flexibility index (Phi) is 4.90. The molecule has 1 fully saturated rings. The van der Waals surface area contributed by atoms with Gasteiger partial charge in [-0.25, -0.2) is 0 Å². The van der Waals surface area contributed by atoms with Crippen LogP contribution >= 0.6 is 0 Å². The first-order valence-electron chi connectivity index (χ1n) is 7.25. The molecule has 0 amide bonds. The van der Waals surface area contributed by atoms with Gasteiger partial charge in [-0.05, 0) is 31.5 Å². The molecule has 0 saturated carbocycles. The molecule has 6 heteroatoms. The third-order valence-electron chi connectivity index (χ3n) is 4.26. The maximum Gasteiger partial charge on any atom is 0.293 e. The molecule has 21 heavy (non-hydrogen) atoms. The van der Waals surface area contributed by atoms with Crippen molar-refractivity contribution in [1.29, 1.82) is 0 Å². The van der Waals surface area contributed by atoms with Crippen LogP contribution < -0.4 is 4.90 Å². The number of nitrogens with zero attached hydrogens (tertiary/aromatic N) is 3. The SMILES string of the molecule is CCN1CCC(N(C)c2ccc(C=O)cc2[N+](=O)[O-])CC1. The van der Waals surface area contributed by atoms with Crippen LogP contribution in [0.5, 0.6) is 0 Å².